The molecule has 2 atom stereocenters. The first-order valence-electron chi connectivity index (χ1n) is 10.3. The molecule has 0 saturated carbocycles. The molecule has 7 nitrogen and oxygen atoms in total. The number of hydrogen-bond acceptors (Lipinski definition) is 7. The Balaban J connectivity index is 1.75. The van der Waals surface area contributed by atoms with Gasteiger partial charge >= 0.3 is 6.36 Å². The molecular weight excluding hydrogens is 440 g/mol. The van der Waals surface area contributed by atoms with Crippen molar-refractivity contribution in [1.82, 2.24) is 9.97 Å². The highest BCUT2D eigenvalue weighted by atomic mass is 19.4. The first kappa shape index (κ1) is 22.8. The van der Waals surface area contributed by atoms with Gasteiger partial charge in [-0.25, -0.2) is 9.37 Å². The van der Waals surface area contributed by atoms with Crippen LogP contribution in [0.1, 0.15) is 19.0 Å². The van der Waals surface area contributed by atoms with E-state index in [0.29, 0.717) is 35.9 Å². The Bertz CT molecular complexity index is 1080. The standard InChI is InChI=1S/C22H24F4N6O/c1-21(28)8-11-31(13-18(21)23)16-4-2-10-30-20(16)32-12-14(27)6-7-15(32)19-17(5-3-9-29-19)33-22(24,25)26/h2-7,9-10,18H,8,11-13,27-28H2,1H3. The molecule has 0 aromatic carbocycles. The summed E-state index contributed by atoms with van der Waals surface area (Å²) in [7, 11) is 0. The molecule has 4 heterocycles. The zero-order chi connectivity index (χ0) is 23.8. The van der Waals surface area contributed by atoms with Gasteiger partial charge in [-0.05, 0) is 49.8 Å². The third kappa shape index (κ3) is 4.87. The molecule has 4 N–H and O–H groups in total. The fourth-order valence-corrected chi connectivity index (χ4v) is 3.87. The van der Waals surface area contributed by atoms with Crippen molar-refractivity contribution in [3.63, 3.8) is 0 Å². The molecule has 0 amide bonds. The Labute approximate surface area is 188 Å². The normalized spacial score (nSPS) is 23.8. The van der Waals surface area contributed by atoms with Crippen LogP contribution in [0, 0.1) is 0 Å². The number of pyridine rings is 2. The average molecular weight is 464 g/mol. The number of nitrogens with zero attached hydrogens (tertiary/aromatic N) is 4. The molecule has 2 unspecified atom stereocenters. The molecule has 0 bridgehead atoms. The molecule has 0 radical (unpaired) electrons. The van der Waals surface area contributed by atoms with Crippen molar-refractivity contribution in [3.8, 4) is 5.75 Å². The maximum atomic E-state index is 14.7. The fraction of sp³-hybridized carbons (Fsp3) is 0.364. The molecule has 2 aromatic rings. The van der Waals surface area contributed by atoms with Crippen molar-refractivity contribution >= 4 is 17.2 Å². The highest BCUT2D eigenvalue weighted by Crippen LogP contribution is 2.39. The van der Waals surface area contributed by atoms with Crippen molar-refractivity contribution < 1.29 is 22.3 Å². The number of aromatic nitrogens is 2. The minimum absolute atomic E-state index is 0.0216. The van der Waals surface area contributed by atoms with Gasteiger partial charge < -0.3 is 26.0 Å². The zero-order valence-corrected chi connectivity index (χ0v) is 17.9. The summed E-state index contributed by atoms with van der Waals surface area (Å²) in [6.07, 6.45) is 0.369. The summed E-state index contributed by atoms with van der Waals surface area (Å²) in [6.45, 7) is 2.39. The maximum absolute atomic E-state index is 14.7. The van der Waals surface area contributed by atoms with Crippen LogP contribution in [-0.4, -0.2) is 47.7 Å². The molecule has 2 aromatic heterocycles. The van der Waals surface area contributed by atoms with E-state index in [2.05, 4.69) is 14.7 Å². The molecule has 2 aliphatic rings. The van der Waals surface area contributed by atoms with E-state index in [9.17, 15) is 17.6 Å². The lowest BCUT2D eigenvalue weighted by Crippen LogP contribution is -2.57. The number of anilines is 2. The van der Waals surface area contributed by atoms with Crippen LogP contribution in [0.2, 0.25) is 0 Å². The Kier molecular flexibility index (Phi) is 5.91. The van der Waals surface area contributed by atoms with Gasteiger partial charge in [-0.3, -0.25) is 4.98 Å². The van der Waals surface area contributed by atoms with Gasteiger partial charge in [0.25, 0.3) is 0 Å². The smallest absolute Gasteiger partial charge is 0.403 e. The summed E-state index contributed by atoms with van der Waals surface area (Å²) in [5, 5.41) is 0. The number of halogens is 4. The van der Waals surface area contributed by atoms with E-state index in [1.807, 2.05) is 4.90 Å². The maximum Gasteiger partial charge on any atom is 0.573 e. The molecule has 11 heteroatoms. The molecule has 4 rings (SSSR count). The fourth-order valence-electron chi connectivity index (χ4n) is 3.87. The first-order chi connectivity index (χ1) is 15.5. The number of ether oxygens (including phenoxy) is 1. The van der Waals surface area contributed by atoms with Crippen LogP contribution in [0.15, 0.2) is 54.5 Å². The van der Waals surface area contributed by atoms with Gasteiger partial charge in [0.2, 0.25) is 0 Å². The van der Waals surface area contributed by atoms with Crippen LogP contribution in [0.5, 0.6) is 5.75 Å². The Morgan fingerprint density at radius 3 is 2.61 bits per heavy atom. The van der Waals surface area contributed by atoms with Crippen molar-refractivity contribution in [1.29, 1.82) is 0 Å². The second-order valence-electron chi connectivity index (χ2n) is 8.29. The van der Waals surface area contributed by atoms with Crippen molar-refractivity contribution in [3.05, 3.63) is 60.2 Å². The number of rotatable bonds is 4. The third-order valence-electron chi connectivity index (χ3n) is 5.70. The zero-order valence-electron chi connectivity index (χ0n) is 17.9. The van der Waals surface area contributed by atoms with Crippen LogP contribution in [0.25, 0.3) is 5.70 Å². The van der Waals surface area contributed by atoms with Crippen molar-refractivity contribution in [2.45, 2.75) is 31.4 Å². The van der Waals surface area contributed by atoms with E-state index in [4.69, 9.17) is 11.5 Å². The van der Waals surface area contributed by atoms with Crippen LogP contribution in [-0.2, 0) is 0 Å². The van der Waals surface area contributed by atoms with Gasteiger partial charge in [0.1, 0.15) is 11.9 Å². The predicted octanol–water partition coefficient (Wildman–Crippen LogP) is 3.34. The number of alkyl halides is 4. The quantitative estimate of drug-likeness (QED) is 0.671. The molecular formula is C22H24F4N6O. The summed E-state index contributed by atoms with van der Waals surface area (Å²) >= 11 is 0. The van der Waals surface area contributed by atoms with E-state index in [1.165, 1.54) is 18.3 Å². The first-order valence-corrected chi connectivity index (χ1v) is 10.3. The van der Waals surface area contributed by atoms with Gasteiger partial charge in [0.05, 0.1) is 24.5 Å². The second kappa shape index (κ2) is 8.54. The SMILES string of the molecule is CC1(N)CCN(c2cccnc2N2CC(N)=CC=C2c2ncccc2OC(F)(F)F)CC1F. The van der Waals surface area contributed by atoms with Gasteiger partial charge in [0, 0.05) is 30.2 Å². The number of piperidine rings is 1. The summed E-state index contributed by atoms with van der Waals surface area (Å²) in [5.41, 5.74) is 12.6. The summed E-state index contributed by atoms with van der Waals surface area (Å²) < 4.78 is 57.9. The molecule has 176 valence electrons. The summed E-state index contributed by atoms with van der Waals surface area (Å²) in [5.74, 6) is -0.0375. The van der Waals surface area contributed by atoms with Gasteiger partial charge in [-0.1, -0.05) is 0 Å². The predicted molar refractivity (Wildman–Crippen MR) is 117 cm³/mol. The van der Waals surface area contributed by atoms with E-state index in [1.54, 1.807) is 42.3 Å². The molecule has 2 aliphatic heterocycles. The number of allylic oxidation sites excluding steroid dienone is 2. The highest BCUT2D eigenvalue weighted by Gasteiger charge is 2.38. The second-order valence-corrected chi connectivity index (χ2v) is 8.29. The topological polar surface area (TPSA) is 93.5 Å². The number of nitrogens with two attached hydrogens (primary N) is 2. The van der Waals surface area contributed by atoms with Crippen molar-refractivity contribution in [2.24, 2.45) is 11.5 Å². The van der Waals surface area contributed by atoms with E-state index >= 15 is 0 Å². The van der Waals surface area contributed by atoms with E-state index in [-0.39, 0.29) is 18.8 Å². The monoisotopic (exact) mass is 464 g/mol. The average Bonchev–Trinajstić information content (AvgIpc) is 2.75. The molecule has 0 spiro atoms. The third-order valence-corrected chi connectivity index (χ3v) is 5.70. The van der Waals surface area contributed by atoms with Crippen LogP contribution in [0.4, 0.5) is 29.1 Å². The minimum atomic E-state index is -4.89. The Hall–Kier alpha value is -3.34. The lowest BCUT2D eigenvalue weighted by Gasteiger charge is -2.42. The van der Waals surface area contributed by atoms with Gasteiger partial charge in [-0.15, -0.1) is 13.2 Å². The molecule has 33 heavy (non-hydrogen) atoms. The highest BCUT2D eigenvalue weighted by molar-refractivity contribution is 5.86. The van der Waals surface area contributed by atoms with Gasteiger partial charge in [0.15, 0.2) is 11.6 Å². The minimum Gasteiger partial charge on any atom is -0.403 e. The Morgan fingerprint density at radius 2 is 1.88 bits per heavy atom. The lowest BCUT2D eigenvalue weighted by molar-refractivity contribution is -0.274. The molecule has 0 aliphatic carbocycles. The summed E-state index contributed by atoms with van der Waals surface area (Å²) in [6, 6.07) is 6.05. The number of hydrogen-bond donors (Lipinski definition) is 2. The van der Waals surface area contributed by atoms with Crippen LogP contribution < -0.4 is 26.0 Å². The Morgan fingerprint density at radius 1 is 1.15 bits per heavy atom. The summed E-state index contributed by atoms with van der Waals surface area (Å²) in [4.78, 5) is 12.1. The van der Waals surface area contributed by atoms with Crippen LogP contribution in [0.3, 0.4) is 0 Å². The van der Waals surface area contributed by atoms with Crippen LogP contribution >= 0.6 is 0 Å². The van der Waals surface area contributed by atoms with Gasteiger partial charge in [-0.2, -0.15) is 0 Å². The molecule has 1 saturated heterocycles. The van der Waals surface area contributed by atoms with E-state index in [0.717, 1.165) is 0 Å². The molecule has 1 fully saturated rings. The van der Waals surface area contributed by atoms with Crippen molar-refractivity contribution in [2.75, 3.05) is 29.4 Å². The largest absolute Gasteiger partial charge is 0.573 e. The van der Waals surface area contributed by atoms with E-state index < -0.39 is 23.8 Å². The lowest BCUT2D eigenvalue weighted by atomic mass is 9.89.